The Labute approximate surface area is 112 Å². The average molecular weight is 261 g/mol. The summed E-state index contributed by atoms with van der Waals surface area (Å²) in [5.74, 6) is 1.80. The Kier molecular flexibility index (Phi) is 3.97. The highest BCUT2D eigenvalue weighted by Gasteiger charge is 2.11. The molecule has 4 heteroatoms. The van der Waals surface area contributed by atoms with E-state index in [1.54, 1.807) is 11.3 Å². The van der Waals surface area contributed by atoms with Crippen molar-refractivity contribution in [3.63, 3.8) is 0 Å². The van der Waals surface area contributed by atoms with E-state index < -0.39 is 0 Å². The molecule has 0 aliphatic heterocycles. The molecular weight excluding hydrogens is 242 g/mol. The predicted molar refractivity (Wildman–Crippen MR) is 78.4 cm³/mol. The van der Waals surface area contributed by atoms with Gasteiger partial charge in [0.1, 0.15) is 5.82 Å². The van der Waals surface area contributed by atoms with Gasteiger partial charge in [-0.15, -0.1) is 11.3 Å². The van der Waals surface area contributed by atoms with Crippen LogP contribution in [0.15, 0.2) is 12.1 Å². The summed E-state index contributed by atoms with van der Waals surface area (Å²) in [6, 6.07) is 4.21. The van der Waals surface area contributed by atoms with Crippen molar-refractivity contribution in [1.29, 1.82) is 0 Å². The van der Waals surface area contributed by atoms with Crippen molar-refractivity contribution < 1.29 is 0 Å². The van der Waals surface area contributed by atoms with E-state index in [0.717, 1.165) is 40.7 Å². The van der Waals surface area contributed by atoms with E-state index in [2.05, 4.69) is 55.1 Å². The van der Waals surface area contributed by atoms with Gasteiger partial charge in [-0.3, -0.25) is 0 Å². The largest absolute Gasteiger partial charge is 0.370 e. The van der Waals surface area contributed by atoms with Crippen molar-refractivity contribution in [2.75, 3.05) is 11.9 Å². The van der Waals surface area contributed by atoms with Crippen LogP contribution in [0.4, 0.5) is 5.82 Å². The van der Waals surface area contributed by atoms with E-state index in [4.69, 9.17) is 0 Å². The molecule has 0 radical (unpaired) electrons. The summed E-state index contributed by atoms with van der Waals surface area (Å²) in [6.45, 7) is 9.29. The molecule has 2 heterocycles. The zero-order valence-corrected chi connectivity index (χ0v) is 12.2. The minimum atomic E-state index is 0.839. The van der Waals surface area contributed by atoms with Crippen LogP contribution in [0, 0.1) is 13.8 Å². The minimum absolute atomic E-state index is 0.839. The number of rotatable bonds is 4. The van der Waals surface area contributed by atoms with Gasteiger partial charge in [-0.2, -0.15) is 0 Å². The van der Waals surface area contributed by atoms with E-state index in [1.807, 2.05) is 0 Å². The SMILES string of the molecule is CCNc1nc(-c2ccc(C)s2)nc(CC)c1C. The van der Waals surface area contributed by atoms with Gasteiger partial charge >= 0.3 is 0 Å². The fraction of sp³-hybridized carbons (Fsp3) is 0.429. The molecule has 0 aromatic carbocycles. The Bertz CT molecular complexity index is 546. The molecule has 0 bridgehead atoms. The number of aromatic nitrogens is 2. The van der Waals surface area contributed by atoms with Crippen LogP contribution in [-0.4, -0.2) is 16.5 Å². The third-order valence-electron chi connectivity index (χ3n) is 2.89. The molecule has 3 nitrogen and oxygen atoms in total. The fourth-order valence-electron chi connectivity index (χ4n) is 1.91. The smallest absolute Gasteiger partial charge is 0.171 e. The highest BCUT2D eigenvalue weighted by molar-refractivity contribution is 7.15. The third kappa shape index (κ3) is 2.53. The van der Waals surface area contributed by atoms with Crippen LogP contribution in [0.1, 0.15) is 30.0 Å². The van der Waals surface area contributed by atoms with Crippen LogP contribution in [0.3, 0.4) is 0 Å². The van der Waals surface area contributed by atoms with Gasteiger partial charge in [-0.05, 0) is 39.3 Å². The lowest BCUT2D eigenvalue weighted by atomic mass is 10.2. The van der Waals surface area contributed by atoms with E-state index in [-0.39, 0.29) is 0 Å². The van der Waals surface area contributed by atoms with Crippen LogP contribution in [0.5, 0.6) is 0 Å². The fourth-order valence-corrected chi connectivity index (χ4v) is 2.71. The van der Waals surface area contributed by atoms with Gasteiger partial charge < -0.3 is 5.32 Å². The second-order valence-electron chi connectivity index (χ2n) is 4.26. The first kappa shape index (κ1) is 13.0. The normalized spacial score (nSPS) is 10.7. The van der Waals surface area contributed by atoms with Crippen molar-refractivity contribution in [2.24, 2.45) is 0 Å². The Hall–Kier alpha value is -1.42. The molecular formula is C14H19N3S. The van der Waals surface area contributed by atoms with Gasteiger partial charge in [0.2, 0.25) is 0 Å². The van der Waals surface area contributed by atoms with Crippen LogP contribution >= 0.6 is 11.3 Å². The van der Waals surface area contributed by atoms with Crippen molar-refractivity contribution >= 4 is 17.2 Å². The number of anilines is 1. The minimum Gasteiger partial charge on any atom is -0.370 e. The standard InChI is InChI=1S/C14H19N3S/c1-5-11-10(4)13(15-6-2)17-14(16-11)12-8-7-9(3)18-12/h7-8H,5-6H2,1-4H3,(H,15,16,17). The predicted octanol–water partition coefficient (Wildman–Crippen LogP) is 3.82. The molecule has 1 N–H and O–H groups in total. The lowest BCUT2D eigenvalue weighted by Crippen LogP contribution is -2.07. The number of hydrogen-bond donors (Lipinski definition) is 1. The van der Waals surface area contributed by atoms with Crippen LogP contribution in [0.25, 0.3) is 10.7 Å². The molecule has 0 atom stereocenters. The van der Waals surface area contributed by atoms with E-state index in [9.17, 15) is 0 Å². The van der Waals surface area contributed by atoms with Gasteiger partial charge in [-0.1, -0.05) is 6.92 Å². The molecule has 0 fully saturated rings. The second kappa shape index (κ2) is 5.48. The Morgan fingerprint density at radius 1 is 1.17 bits per heavy atom. The van der Waals surface area contributed by atoms with E-state index >= 15 is 0 Å². The average Bonchev–Trinajstić information content (AvgIpc) is 2.79. The number of nitrogens with one attached hydrogen (secondary N) is 1. The number of nitrogens with zero attached hydrogens (tertiary/aromatic N) is 2. The zero-order chi connectivity index (χ0) is 13.1. The lowest BCUT2D eigenvalue weighted by Gasteiger charge is -2.11. The molecule has 96 valence electrons. The van der Waals surface area contributed by atoms with Gasteiger partial charge in [0.15, 0.2) is 5.82 Å². The summed E-state index contributed by atoms with van der Waals surface area (Å²) in [5.41, 5.74) is 2.29. The summed E-state index contributed by atoms with van der Waals surface area (Å²) >= 11 is 1.74. The quantitative estimate of drug-likeness (QED) is 0.909. The molecule has 0 saturated carbocycles. The number of hydrogen-bond acceptors (Lipinski definition) is 4. The molecule has 0 saturated heterocycles. The zero-order valence-electron chi connectivity index (χ0n) is 11.4. The molecule has 0 aliphatic rings. The molecule has 18 heavy (non-hydrogen) atoms. The lowest BCUT2D eigenvalue weighted by molar-refractivity contribution is 0.972. The highest BCUT2D eigenvalue weighted by atomic mass is 32.1. The Morgan fingerprint density at radius 3 is 2.50 bits per heavy atom. The third-order valence-corrected chi connectivity index (χ3v) is 3.88. The number of aryl methyl sites for hydroxylation is 2. The van der Waals surface area contributed by atoms with Crippen molar-refractivity contribution in [1.82, 2.24) is 9.97 Å². The van der Waals surface area contributed by atoms with Gasteiger partial charge in [0.25, 0.3) is 0 Å². The summed E-state index contributed by atoms with van der Waals surface area (Å²) < 4.78 is 0. The molecule has 2 aromatic heterocycles. The van der Waals surface area contributed by atoms with Crippen molar-refractivity contribution in [3.8, 4) is 10.7 Å². The van der Waals surface area contributed by atoms with Crippen LogP contribution in [-0.2, 0) is 6.42 Å². The number of thiophene rings is 1. The van der Waals surface area contributed by atoms with E-state index in [0.29, 0.717) is 0 Å². The van der Waals surface area contributed by atoms with Gasteiger partial charge in [0.05, 0.1) is 4.88 Å². The van der Waals surface area contributed by atoms with Crippen LogP contribution in [0.2, 0.25) is 0 Å². The van der Waals surface area contributed by atoms with Gasteiger partial charge in [-0.25, -0.2) is 9.97 Å². The Morgan fingerprint density at radius 2 is 1.94 bits per heavy atom. The first-order valence-electron chi connectivity index (χ1n) is 6.33. The molecule has 0 spiro atoms. The molecule has 2 aromatic rings. The first-order chi connectivity index (χ1) is 8.65. The maximum Gasteiger partial charge on any atom is 0.171 e. The summed E-state index contributed by atoms with van der Waals surface area (Å²) in [7, 11) is 0. The van der Waals surface area contributed by atoms with Crippen molar-refractivity contribution in [2.45, 2.75) is 34.1 Å². The monoisotopic (exact) mass is 261 g/mol. The van der Waals surface area contributed by atoms with Gasteiger partial charge in [0, 0.05) is 22.7 Å². The topological polar surface area (TPSA) is 37.8 Å². The summed E-state index contributed by atoms with van der Waals surface area (Å²) in [4.78, 5) is 11.7. The summed E-state index contributed by atoms with van der Waals surface area (Å²) in [5, 5.41) is 3.32. The maximum atomic E-state index is 4.68. The highest BCUT2D eigenvalue weighted by Crippen LogP contribution is 2.27. The van der Waals surface area contributed by atoms with Crippen LogP contribution < -0.4 is 5.32 Å². The van der Waals surface area contributed by atoms with Crippen molar-refractivity contribution in [3.05, 3.63) is 28.3 Å². The first-order valence-corrected chi connectivity index (χ1v) is 7.15. The molecule has 0 unspecified atom stereocenters. The van der Waals surface area contributed by atoms with E-state index in [1.165, 1.54) is 4.88 Å². The molecule has 0 amide bonds. The molecule has 0 aliphatic carbocycles. The second-order valence-corrected chi connectivity index (χ2v) is 5.55. The molecule has 2 rings (SSSR count). The Balaban J connectivity index is 2.51. The summed E-state index contributed by atoms with van der Waals surface area (Å²) in [6.07, 6.45) is 0.935. The maximum absolute atomic E-state index is 4.68.